The van der Waals surface area contributed by atoms with Gasteiger partial charge in [0.15, 0.2) is 0 Å². The summed E-state index contributed by atoms with van der Waals surface area (Å²) >= 11 is 0. The Balaban J connectivity index is 1.73. The Labute approximate surface area is 88.9 Å². The third-order valence-corrected chi connectivity index (χ3v) is 2.69. The zero-order chi connectivity index (χ0) is 10.7. The molecule has 0 atom stereocenters. The summed E-state index contributed by atoms with van der Waals surface area (Å²) in [7, 11) is 0. The van der Waals surface area contributed by atoms with Gasteiger partial charge in [-0.15, -0.1) is 0 Å². The third kappa shape index (κ3) is 2.53. The van der Waals surface area contributed by atoms with E-state index in [9.17, 15) is 4.79 Å². The molecule has 15 heavy (non-hydrogen) atoms. The van der Waals surface area contributed by atoms with Gasteiger partial charge >= 0.3 is 0 Å². The SMILES string of the molecule is NC1(C(=O)NCCc2ccncc2)CC1. The van der Waals surface area contributed by atoms with Crippen molar-refractivity contribution in [2.75, 3.05) is 6.54 Å². The van der Waals surface area contributed by atoms with Crippen molar-refractivity contribution in [3.8, 4) is 0 Å². The Hall–Kier alpha value is -1.42. The molecule has 1 aromatic rings. The van der Waals surface area contributed by atoms with E-state index in [1.54, 1.807) is 12.4 Å². The lowest BCUT2D eigenvalue weighted by molar-refractivity contribution is -0.123. The first-order valence-electron chi connectivity index (χ1n) is 5.17. The van der Waals surface area contributed by atoms with Crippen LogP contribution in [0.5, 0.6) is 0 Å². The second-order valence-electron chi connectivity index (χ2n) is 4.02. The number of nitrogens with two attached hydrogens (primary N) is 1. The van der Waals surface area contributed by atoms with Gasteiger partial charge in [0.1, 0.15) is 0 Å². The fourth-order valence-electron chi connectivity index (χ4n) is 1.41. The molecule has 80 valence electrons. The van der Waals surface area contributed by atoms with Crippen molar-refractivity contribution in [3.63, 3.8) is 0 Å². The molecule has 1 fully saturated rings. The van der Waals surface area contributed by atoms with E-state index in [-0.39, 0.29) is 5.91 Å². The second-order valence-corrected chi connectivity index (χ2v) is 4.02. The molecule has 1 aromatic heterocycles. The Morgan fingerprint density at radius 2 is 2.13 bits per heavy atom. The Bertz CT molecular complexity index is 346. The molecule has 4 nitrogen and oxygen atoms in total. The van der Waals surface area contributed by atoms with Crippen LogP contribution in [0, 0.1) is 0 Å². The molecule has 0 aliphatic heterocycles. The Kier molecular flexibility index (Phi) is 2.68. The number of nitrogens with one attached hydrogen (secondary N) is 1. The molecule has 0 aromatic carbocycles. The van der Waals surface area contributed by atoms with Gasteiger partial charge < -0.3 is 11.1 Å². The minimum absolute atomic E-state index is 0.0171. The molecule has 0 bridgehead atoms. The number of pyridine rings is 1. The molecule has 1 aliphatic rings. The van der Waals surface area contributed by atoms with E-state index < -0.39 is 5.54 Å². The van der Waals surface area contributed by atoms with Gasteiger partial charge in [-0.25, -0.2) is 0 Å². The van der Waals surface area contributed by atoms with E-state index in [0.717, 1.165) is 19.3 Å². The summed E-state index contributed by atoms with van der Waals surface area (Å²) in [5, 5.41) is 2.85. The molecule has 1 aliphatic carbocycles. The van der Waals surface area contributed by atoms with Crippen LogP contribution in [-0.2, 0) is 11.2 Å². The lowest BCUT2D eigenvalue weighted by atomic mass is 10.2. The van der Waals surface area contributed by atoms with Gasteiger partial charge in [-0.3, -0.25) is 9.78 Å². The molecule has 3 N–H and O–H groups in total. The van der Waals surface area contributed by atoms with Gasteiger partial charge in [0.05, 0.1) is 5.54 Å². The number of amides is 1. The predicted molar refractivity (Wildman–Crippen MR) is 57.1 cm³/mol. The maximum atomic E-state index is 11.5. The lowest BCUT2D eigenvalue weighted by Gasteiger charge is -2.09. The third-order valence-electron chi connectivity index (χ3n) is 2.69. The molecule has 1 heterocycles. The molecule has 0 spiro atoms. The lowest BCUT2D eigenvalue weighted by Crippen LogP contribution is -2.43. The summed E-state index contributed by atoms with van der Waals surface area (Å²) < 4.78 is 0. The van der Waals surface area contributed by atoms with Crippen LogP contribution in [0.25, 0.3) is 0 Å². The van der Waals surface area contributed by atoms with Gasteiger partial charge in [-0.05, 0) is 37.0 Å². The van der Waals surface area contributed by atoms with Crippen LogP contribution in [0.15, 0.2) is 24.5 Å². The smallest absolute Gasteiger partial charge is 0.240 e. The quantitative estimate of drug-likeness (QED) is 0.739. The summed E-state index contributed by atoms with van der Waals surface area (Å²) in [5.41, 5.74) is 6.36. The van der Waals surface area contributed by atoms with Crippen molar-refractivity contribution >= 4 is 5.91 Å². The highest BCUT2D eigenvalue weighted by Crippen LogP contribution is 2.31. The number of nitrogens with zero attached hydrogens (tertiary/aromatic N) is 1. The molecule has 0 radical (unpaired) electrons. The highest BCUT2D eigenvalue weighted by molar-refractivity contribution is 5.88. The summed E-state index contributed by atoms with van der Waals surface area (Å²) in [6.45, 7) is 0.641. The molecule has 0 saturated heterocycles. The zero-order valence-electron chi connectivity index (χ0n) is 8.57. The van der Waals surface area contributed by atoms with Gasteiger partial charge in [-0.2, -0.15) is 0 Å². The molecule has 1 saturated carbocycles. The Morgan fingerprint density at radius 1 is 1.47 bits per heavy atom. The van der Waals surface area contributed by atoms with E-state index in [1.165, 1.54) is 5.56 Å². The largest absolute Gasteiger partial charge is 0.354 e. The topological polar surface area (TPSA) is 68.0 Å². The van der Waals surface area contributed by atoms with Crippen molar-refractivity contribution in [3.05, 3.63) is 30.1 Å². The van der Waals surface area contributed by atoms with Crippen LogP contribution >= 0.6 is 0 Å². The Morgan fingerprint density at radius 3 is 2.73 bits per heavy atom. The first-order chi connectivity index (χ1) is 7.21. The summed E-state index contributed by atoms with van der Waals surface area (Å²) in [6, 6.07) is 3.89. The highest BCUT2D eigenvalue weighted by atomic mass is 16.2. The summed E-state index contributed by atoms with van der Waals surface area (Å²) in [5.74, 6) is -0.0171. The van der Waals surface area contributed by atoms with Crippen LogP contribution in [0.1, 0.15) is 18.4 Å². The van der Waals surface area contributed by atoms with E-state index in [4.69, 9.17) is 5.73 Å². The van der Waals surface area contributed by atoms with Crippen molar-refractivity contribution in [2.24, 2.45) is 5.73 Å². The number of aromatic nitrogens is 1. The van der Waals surface area contributed by atoms with Gasteiger partial charge in [0, 0.05) is 18.9 Å². The molecule has 0 unspecified atom stereocenters. The average Bonchev–Trinajstić information content (AvgIpc) is 2.99. The number of carbonyl (C=O) groups excluding carboxylic acids is 1. The van der Waals surface area contributed by atoms with Crippen LogP contribution in [0.4, 0.5) is 0 Å². The number of hydrogen-bond acceptors (Lipinski definition) is 3. The van der Waals surface area contributed by atoms with Crippen LogP contribution < -0.4 is 11.1 Å². The van der Waals surface area contributed by atoms with E-state index in [1.807, 2.05) is 12.1 Å². The van der Waals surface area contributed by atoms with Crippen molar-refractivity contribution in [1.82, 2.24) is 10.3 Å². The number of hydrogen-bond donors (Lipinski definition) is 2. The second kappa shape index (κ2) is 3.98. The minimum atomic E-state index is -0.557. The number of carbonyl (C=O) groups is 1. The van der Waals surface area contributed by atoms with Gasteiger partial charge in [0.25, 0.3) is 0 Å². The van der Waals surface area contributed by atoms with Crippen molar-refractivity contribution in [2.45, 2.75) is 24.8 Å². The maximum absolute atomic E-state index is 11.5. The first-order valence-corrected chi connectivity index (χ1v) is 5.17. The molecular formula is C11H15N3O. The monoisotopic (exact) mass is 205 g/mol. The van der Waals surface area contributed by atoms with E-state index >= 15 is 0 Å². The minimum Gasteiger partial charge on any atom is -0.354 e. The summed E-state index contributed by atoms with van der Waals surface area (Å²) in [4.78, 5) is 15.4. The van der Waals surface area contributed by atoms with E-state index in [2.05, 4.69) is 10.3 Å². The fourth-order valence-corrected chi connectivity index (χ4v) is 1.41. The zero-order valence-corrected chi connectivity index (χ0v) is 8.57. The van der Waals surface area contributed by atoms with Crippen molar-refractivity contribution < 1.29 is 4.79 Å². The highest BCUT2D eigenvalue weighted by Gasteiger charge is 2.45. The first kappa shape index (κ1) is 10.1. The summed E-state index contributed by atoms with van der Waals surface area (Å²) in [6.07, 6.45) is 5.96. The standard InChI is InChI=1S/C11H15N3O/c12-11(4-5-11)10(15)14-8-3-9-1-6-13-7-2-9/h1-2,6-7H,3-5,8,12H2,(H,14,15). The molecule has 2 rings (SSSR count). The van der Waals surface area contributed by atoms with Gasteiger partial charge in [0.2, 0.25) is 5.91 Å². The average molecular weight is 205 g/mol. The van der Waals surface area contributed by atoms with Crippen LogP contribution in [0.3, 0.4) is 0 Å². The van der Waals surface area contributed by atoms with Crippen LogP contribution in [0.2, 0.25) is 0 Å². The molecule has 1 amide bonds. The van der Waals surface area contributed by atoms with Gasteiger partial charge in [-0.1, -0.05) is 0 Å². The number of rotatable bonds is 4. The van der Waals surface area contributed by atoms with Crippen LogP contribution in [-0.4, -0.2) is 23.0 Å². The maximum Gasteiger partial charge on any atom is 0.240 e. The molecule has 4 heteroatoms. The van der Waals surface area contributed by atoms with E-state index in [0.29, 0.717) is 6.54 Å². The normalized spacial score (nSPS) is 17.1. The van der Waals surface area contributed by atoms with Crippen molar-refractivity contribution in [1.29, 1.82) is 0 Å². The predicted octanol–water partition coefficient (Wildman–Crippen LogP) is 0.232. The fraction of sp³-hybridized carbons (Fsp3) is 0.455. The molecular weight excluding hydrogens is 190 g/mol.